The van der Waals surface area contributed by atoms with E-state index in [1.54, 1.807) is 12.4 Å². The molecule has 0 radical (unpaired) electrons. The SMILES string of the molecule is CCC(CO)NC(=O)c1nc(-c2cccnc2)cs1. The summed E-state index contributed by atoms with van der Waals surface area (Å²) >= 11 is 1.28. The lowest BCUT2D eigenvalue weighted by molar-refractivity contribution is 0.0914. The van der Waals surface area contributed by atoms with E-state index in [-0.39, 0.29) is 18.6 Å². The van der Waals surface area contributed by atoms with Gasteiger partial charge in [0.25, 0.3) is 5.91 Å². The number of aliphatic hydroxyl groups is 1. The maximum atomic E-state index is 11.9. The summed E-state index contributed by atoms with van der Waals surface area (Å²) in [5, 5.41) is 14.0. The maximum absolute atomic E-state index is 11.9. The number of nitrogens with one attached hydrogen (secondary N) is 1. The van der Waals surface area contributed by atoms with E-state index in [2.05, 4.69) is 15.3 Å². The van der Waals surface area contributed by atoms with Gasteiger partial charge in [0.2, 0.25) is 0 Å². The number of hydrogen-bond acceptors (Lipinski definition) is 5. The van der Waals surface area contributed by atoms with Crippen LogP contribution in [0, 0.1) is 0 Å². The lowest BCUT2D eigenvalue weighted by atomic mass is 10.2. The summed E-state index contributed by atoms with van der Waals surface area (Å²) in [5.41, 5.74) is 1.62. The minimum atomic E-state index is -0.249. The van der Waals surface area contributed by atoms with E-state index in [0.717, 1.165) is 11.3 Å². The molecule has 2 aromatic rings. The molecule has 19 heavy (non-hydrogen) atoms. The molecule has 1 amide bonds. The van der Waals surface area contributed by atoms with Crippen molar-refractivity contribution in [2.75, 3.05) is 6.61 Å². The maximum Gasteiger partial charge on any atom is 0.280 e. The van der Waals surface area contributed by atoms with Gasteiger partial charge in [-0.25, -0.2) is 4.98 Å². The fraction of sp³-hybridized carbons (Fsp3) is 0.308. The lowest BCUT2D eigenvalue weighted by Gasteiger charge is -2.12. The quantitative estimate of drug-likeness (QED) is 0.872. The zero-order valence-corrected chi connectivity index (χ0v) is 11.4. The van der Waals surface area contributed by atoms with Crippen LogP contribution < -0.4 is 5.32 Å². The van der Waals surface area contributed by atoms with E-state index in [4.69, 9.17) is 5.11 Å². The Hall–Kier alpha value is -1.79. The van der Waals surface area contributed by atoms with E-state index >= 15 is 0 Å². The third-order valence-corrected chi connectivity index (χ3v) is 3.55. The molecule has 2 N–H and O–H groups in total. The molecule has 2 rings (SSSR count). The van der Waals surface area contributed by atoms with Crippen molar-refractivity contribution >= 4 is 17.2 Å². The normalized spacial score (nSPS) is 12.1. The molecule has 1 unspecified atom stereocenters. The van der Waals surface area contributed by atoms with E-state index < -0.39 is 0 Å². The Morgan fingerprint density at radius 2 is 2.42 bits per heavy atom. The van der Waals surface area contributed by atoms with Crippen LogP contribution in [0.15, 0.2) is 29.9 Å². The molecule has 0 saturated heterocycles. The molecule has 100 valence electrons. The van der Waals surface area contributed by atoms with Crippen molar-refractivity contribution in [2.45, 2.75) is 19.4 Å². The van der Waals surface area contributed by atoms with Crippen LogP contribution >= 0.6 is 11.3 Å². The van der Waals surface area contributed by atoms with Gasteiger partial charge in [-0.3, -0.25) is 9.78 Å². The highest BCUT2D eigenvalue weighted by Gasteiger charge is 2.15. The molecule has 0 saturated carbocycles. The molecule has 5 nitrogen and oxygen atoms in total. The summed E-state index contributed by atoms with van der Waals surface area (Å²) in [6, 6.07) is 3.50. The number of aliphatic hydroxyl groups excluding tert-OH is 1. The topological polar surface area (TPSA) is 75.1 Å². The number of aromatic nitrogens is 2. The molecule has 0 aliphatic heterocycles. The molecule has 1 atom stereocenters. The van der Waals surface area contributed by atoms with Crippen molar-refractivity contribution in [1.29, 1.82) is 0 Å². The van der Waals surface area contributed by atoms with Gasteiger partial charge in [-0.15, -0.1) is 11.3 Å². The van der Waals surface area contributed by atoms with E-state index in [0.29, 0.717) is 11.4 Å². The zero-order chi connectivity index (χ0) is 13.7. The Bertz CT molecular complexity index is 538. The van der Waals surface area contributed by atoms with Crippen LogP contribution in [-0.4, -0.2) is 33.6 Å². The first-order valence-corrected chi connectivity index (χ1v) is 6.90. The van der Waals surface area contributed by atoms with E-state index in [1.807, 2.05) is 24.4 Å². The van der Waals surface area contributed by atoms with Gasteiger partial charge >= 0.3 is 0 Å². The van der Waals surface area contributed by atoms with E-state index in [9.17, 15) is 4.79 Å². The third-order valence-electron chi connectivity index (χ3n) is 2.70. The second kappa shape index (κ2) is 6.40. The summed E-state index contributed by atoms with van der Waals surface area (Å²) < 4.78 is 0. The fourth-order valence-corrected chi connectivity index (χ4v) is 2.28. The molecule has 2 heterocycles. The Morgan fingerprint density at radius 1 is 1.58 bits per heavy atom. The number of rotatable bonds is 5. The van der Waals surface area contributed by atoms with Crippen LogP contribution in [0.5, 0.6) is 0 Å². The fourth-order valence-electron chi connectivity index (χ4n) is 1.55. The first-order valence-electron chi connectivity index (χ1n) is 6.02. The molecular formula is C13H15N3O2S. The van der Waals surface area contributed by atoms with Gasteiger partial charge in [0.15, 0.2) is 5.01 Å². The van der Waals surface area contributed by atoms with Crippen LogP contribution in [0.4, 0.5) is 0 Å². The van der Waals surface area contributed by atoms with Crippen molar-refractivity contribution in [2.24, 2.45) is 0 Å². The number of carbonyl (C=O) groups excluding carboxylic acids is 1. The van der Waals surface area contributed by atoms with Gasteiger partial charge in [-0.1, -0.05) is 6.92 Å². The summed E-state index contributed by atoms with van der Waals surface area (Å²) in [6.07, 6.45) is 4.08. The van der Waals surface area contributed by atoms with Crippen LogP contribution in [0.25, 0.3) is 11.3 Å². The van der Waals surface area contributed by atoms with Gasteiger partial charge < -0.3 is 10.4 Å². The smallest absolute Gasteiger partial charge is 0.280 e. The van der Waals surface area contributed by atoms with Gasteiger partial charge in [0.1, 0.15) is 0 Å². The molecule has 0 aliphatic rings. The van der Waals surface area contributed by atoms with Gasteiger partial charge in [0, 0.05) is 23.3 Å². The summed E-state index contributed by atoms with van der Waals surface area (Å²) in [6.45, 7) is 1.84. The van der Waals surface area contributed by atoms with Crippen LogP contribution in [0.2, 0.25) is 0 Å². The predicted octanol–water partition coefficient (Wildman–Crippen LogP) is 1.71. The average molecular weight is 277 g/mol. The number of thiazole rings is 1. The van der Waals surface area contributed by atoms with Crippen molar-refractivity contribution in [1.82, 2.24) is 15.3 Å². The number of hydrogen-bond donors (Lipinski definition) is 2. The predicted molar refractivity (Wildman–Crippen MR) is 74.0 cm³/mol. The van der Waals surface area contributed by atoms with Crippen molar-refractivity contribution < 1.29 is 9.90 Å². The number of carbonyl (C=O) groups is 1. The van der Waals surface area contributed by atoms with Gasteiger partial charge in [-0.05, 0) is 18.6 Å². The van der Waals surface area contributed by atoms with Crippen molar-refractivity contribution in [3.8, 4) is 11.3 Å². The highest BCUT2D eigenvalue weighted by atomic mass is 32.1. The standard InChI is InChI=1S/C13H15N3O2S/c1-2-10(7-17)15-12(18)13-16-11(8-19-13)9-4-3-5-14-6-9/h3-6,8,10,17H,2,7H2,1H3,(H,15,18). The molecule has 6 heteroatoms. The third kappa shape index (κ3) is 3.36. The highest BCUT2D eigenvalue weighted by molar-refractivity contribution is 7.12. The summed E-state index contributed by atoms with van der Waals surface area (Å²) in [5.74, 6) is -0.249. The molecular weight excluding hydrogens is 262 g/mol. The number of amides is 1. The molecule has 0 fully saturated rings. The second-order valence-corrected chi connectivity index (χ2v) is 4.90. The Labute approximate surface area is 115 Å². The minimum absolute atomic E-state index is 0.0664. The first kappa shape index (κ1) is 13.6. The molecule has 0 spiro atoms. The molecule has 0 aromatic carbocycles. The average Bonchev–Trinajstić information content (AvgIpc) is 2.95. The van der Waals surface area contributed by atoms with Crippen molar-refractivity contribution in [3.63, 3.8) is 0 Å². The van der Waals surface area contributed by atoms with Crippen LogP contribution in [0.1, 0.15) is 23.1 Å². The van der Waals surface area contributed by atoms with Gasteiger partial charge in [0.05, 0.1) is 18.3 Å². The first-order chi connectivity index (χ1) is 9.24. The van der Waals surface area contributed by atoms with Crippen LogP contribution in [-0.2, 0) is 0 Å². The zero-order valence-electron chi connectivity index (χ0n) is 10.5. The van der Waals surface area contributed by atoms with Gasteiger partial charge in [-0.2, -0.15) is 0 Å². The highest BCUT2D eigenvalue weighted by Crippen LogP contribution is 2.20. The number of pyridine rings is 1. The second-order valence-electron chi connectivity index (χ2n) is 4.04. The van der Waals surface area contributed by atoms with Crippen molar-refractivity contribution in [3.05, 3.63) is 34.9 Å². The Kier molecular flexibility index (Phi) is 4.59. The minimum Gasteiger partial charge on any atom is -0.394 e. The van der Waals surface area contributed by atoms with Crippen LogP contribution in [0.3, 0.4) is 0 Å². The van der Waals surface area contributed by atoms with E-state index in [1.165, 1.54) is 11.3 Å². The lowest BCUT2D eigenvalue weighted by Crippen LogP contribution is -2.36. The number of nitrogens with zero attached hydrogens (tertiary/aromatic N) is 2. The Balaban J connectivity index is 2.11. The summed E-state index contributed by atoms with van der Waals surface area (Å²) in [7, 11) is 0. The monoisotopic (exact) mass is 277 g/mol. The molecule has 0 aliphatic carbocycles. The molecule has 2 aromatic heterocycles. The summed E-state index contributed by atoms with van der Waals surface area (Å²) in [4.78, 5) is 20.2. The Morgan fingerprint density at radius 3 is 3.05 bits per heavy atom. The molecule has 0 bridgehead atoms. The largest absolute Gasteiger partial charge is 0.394 e.